The van der Waals surface area contributed by atoms with E-state index in [1.165, 1.54) is 22.4 Å². The SMILES string of the molecule is COCCn1cc(O)n(C)c1=O. The molecule has 1 aromatic rings. The van der Waals surface area contributed by atoms with Crippen LogP contribution in [0.3, 0.4) is 0 Å². The first-order valence-corrected chi connectivity index (χ1v) is 3.61. The third-order valence-corrected chi connectivity index (χ3v) is 1.68. The van der Waals surface area contributed by atoms with Gasteiger partial charge in [-0.25, -0.2) is 4.79 Å². The van der Waals surface area contributed by atoms with Crippen molar-refractivity contribution in [1.29, 1.82) is 0 Å². The molecule has 12 heavy (non-hydrogen) atoms. The average molecular weight is 172 g/mol. The lowest BCUT2D eigenvalue weighted by Crippen LogP contribution is -2.23. The van der Waals surface area contributed by atoms with Gasteiger partial charge in [-0.1, -0.05) is 0 Å². The Balaban J connectivity index is 2.87. The zero-order valence-electron chi connectivity index (χ0n) is 7.15. The summed E-state index contributed by atoms with van der Waals surface area (Å²) in [5, 5.41) is 9.12. The summed E-state index contributed by atoms with van der Waals surface area (Å²) in [5.74, 6) is -0.0314. The molecule has 0 unspecified atom stereocenters. The number of ether oxygens (including phenoxy) is 1. The van der Waals surface area contributed by atoms with E-state index in [0.29, 0.717) is 13.2 Å². The molecule has 0 bridgehead atoms. The third kappa shape index (κ3) is 1.50. The second-order valence-electron chi connectivity index (χ2n) is 2.52. The maximum Gasteiger partial charge on any atom is 0.330 e. The minimum Gasteiger partial charge on any atom is -0.493 e. The number of hydrogen-bond acceptors (Lipinski definition) is 3. The first kappa shape index (κ1) is 8.86. The molecule has 5 nitrogen and oxygen atoms in total. The van der Waals surface area contributed by atoms with Crippen molar-refractivity contribution in [2.24, 2.45) is 7.05 Å². The fourth-order valence-corrected chi connectivity index (χ4v) is 0.922. The van der Waals surface area contributed by atoms with E-state index in [1.54, 1.807) is 7.11 Å². The highest BCUT2D eigenvalue weighted by atomic mass is 16.5. The van der Waals surface area contributed by atoms with Gasteiger partial charge in [0, 0.05) is 14.2 Å². The van der Waals surface area contributed by atoms with Crippen molar-refractivity contribution in [2.45, 2.75) is 6.54 Å². The second kappa shape index (κ2) is 3.44. The largest absolute Gasteiger partial charge is 0.493 e. The van der Waals surface area contributed by atoms with Gasteiger partial charge in [0.15, 0.2) is 0 Å². The summed E-state index contributed by atoms with van der Waals surface area (Å²) in [7, 11) is 3.08. The molecule has 1 aromatic heterocycles. The third-order valence-electron chi connectivity index (χ3n) is 1.68. The molecule has 5 heteroatoms. The number of nitrogens with zero attached hydrogens (tertiary/aromatic N) is 2. The van der Waals surface area contributed by atoms with E-state index >= 15 is 0 Å². The zero-order valence-corrected chi connectivity index (χ0v) is 7.15. The molecule has 0 aliphatic carbocycles. The molecule has 0 aliphatic rings. The Bertz CT molecular complexity index is 313. The molecular formula is C7H12N2O3. The van der Waals surface area contributed by atoms with Crippen molar-refractivity contribution in [3.8, 4) is 5.88 Å². The minimum atomic E-state index is -0.232. The van der Waals surface area contributed by atoms with Crippen LogP contribution in [0.2, 0.25) is 0 Å². The van der Waals surface area contributed by atoms with Crippen LogP contribution in [0.15, 0.2) is 11.0 Å². The second-order valence-corrected chi connectivity index (χ2v) is 2.52. The summed E-state index contributed by atoms with van der Waals surface area (Å²) >= 11 is 0. The summed E-state index contributed by atoms with van der Waals surface area (Å²) in [6.07, 6.45) is 1.39. The Morgan fingerprint density at radius 3 is 2.75 bits per heavy atom. The Morgan fingerprint density at radius 2 is 2.33 bits per heavy atom. The zero-order chi connectivity index (χ0) is 9.14. The lowest BCUT2D eigenvalue weighted by molar-refractivity contribution is 0.186. The molecule has 1 heterocycles. The van der Waals surface area contributed by atoms with Gasteiger partial charge in [0.2, 0.25) is 5.88 Å². The standard InChI is InChI=1S/C7H12N2O3/c1-8-6(10)5-9(7(8)11)3-4-12-2/h5,10H,3-4H2,1-2H3. The molecule has 0 saturated heterocycles. The first-order chi connectivity index (χ1) is 5.66. The number of hydrogen-bond donors (Lipinski definition) is 1. The van der Waals surface area contributed by atoms with E-state index in [4.69, 9.17) is 9.84 Å². The summed E-state index contributed by atoms with van der Waals surface area (Å²) in [5.41, 5.74) is -0.232. The molecule has 0 atom stereocenters. The smallest absolute Gasteiger partial charge is 0.330 e. The lowest BCUT2D eigenvalue weighted by Gasteiger charge is -1.97. The van der Waals surface area contributed by atoms with Crippen LogP contribution in [-0.2, 0) is 18.3 Å². The molecule has 0 saturated carbocycles. The Labute approximate surface area is 69.8 Å². The summed E-state index contributed by atoms with van der Waals surface area (Å²) < 4.78 is 7.38. The van der Waals surface area contributed by atoms with E-state index in [9.17, 15) is 4.79 Å². The summed E-state index contributed by atoms with van der Waals surface area (Å²) in [6.45, 7) is 0.924. The summed E-state index contributed by atoms with van der Waals surface area (Å²) in [4.78, 5) is 11.2. The highest BCUT2D eigenvalue weighted by Crippen LogP contribution is 2.01. The van der Waals surface area contributed by atoms with Gasteiger partial charge in [-0.15, -0.1) is 0 Å². The molecule has 1 N–H and O–H groups in total. The highest BCUT2D eigenvalue weighted by molar-refractivity contribution is 5.03. The molecule has 0 radical (unpaired) electrons. The van der Waals surface area contributed by atoms with Gasteiger partial charge in [0.1, 0.15) is 0 Å². The van der Waals surface area contributed by atoms with Crippen LogP contribution in [0.4, 0.5) is 0 Å². The van der Waals surface area contributed by atoms with Crippen LogP contribution >= 0.6 is 0 Å². The van der Waals surface area contributed by atoms with Crippen molar-refractivity contribution >= 4 is 0 Å². The molecule has 0 aromatic carbocycles. The van der Waals surface area contributed by atoms with Crippen molar-refractivity contribution in [1.82, 2.24) is 9.13 Å². The number of methoxy groups -OCH3 is 1. The van der Waals surface area contributed by atoms with Crippen LogP contribution in [-0.4, -0.2) is 28.0 Å². The van der Waals surface area contributed by atoms with E-state index in [0.717, 1.165) is 0 Å². The molecule has 0 aliphatic heterocycles. The highest BCUT2D eigenvalue weighted by Gasteiger charge is 2.04. The van der Waals surface area contributed by atoms with Gasteiger partial charge in [-0.3, -0.25) is 9.13 Å². The van der Waals surface area contributed by atoms with Crippen molar-refractivity contribution in [3.05, 3.63) is 16.7 Å². The van der Waals surface area contributed by atoms with Crippen LogP contribution in [0.25, 0.3) is 0 Å². The Morgan fingerprint density at radius 1 is 1.67 bits per heavy atom. The maximum absolute atomic E-state index is 11.2. The fraction of sp³-hybridized carbons (Fsp3) is 0.571. The number of imidazole rings is 1. The van der Waals surface area contributed by atoms with Crippen molar-refractivity contribution in [3.63, 3.8) is 0 Å². The molecule has 68 valence electrons. The van der Waals surface area contributed by atoms with Gasteiger partial charge in [0.05, 0.1) is 19.3 Å². The average Bonchev–Trinajstić information content (AvgIpc) is 2.30. The molecule has 0 spiro atoms. The van der Waals surface area contributed by atoms with Crippen LogP contribution in [0.5, 0.6) is 5.88 Å². The van der Waals surface area contributed by atoms with E-state index in [1.807, 2.05) is 0 Å². The molecule has 0 amide bonds. The Hall–Kier alpha value is -1.23. The minimum absolute atomic E-state index is 0.0314. The topological polar surface area (TPSA) is 56.4 Å². The van der Waals surface area contributed by atoms with Crippen LogP contribution < -0.4 is 5.69 Å². The van der Waals surface area contributed by atoms with Crippen molar-refractivity contribution in [2.75, 3.05) is 13.7 Å². The van der Waals surface area contributed by atoms with Gasteiger partial charge < -0.3 is 9.84 Å². The molecule has 1 rings (SSSR count). The number of rotatable bonds is 3. The predicted octanol–water partition coefficient (Wildman–Crippen LogP) is -0.461. The van der Waals surface area contributed by atoms with Crippen LogP contribution in [0, 0.1) is 0 Å². The van der Waals surface area contributed by atoms with Gasteiger partial charge in [-0.2, -0.15) is 0 Å². The van der Waals surface area contributed by atoms with E-state index in [2.05, 4.69) is 0 Å². The van der Waals surface area contributed by atoms with Gasteiger partial charge in [-0.05, 0) is 0 Å². The Kier molecular flexibility index (Phi) is 2.54. The summed E-state index contributed by atoms with van der Waals surface area (Å²) in [6, 6.07) is 0. The lowest BCUT2D eigenvalue weighted by atomic mass is 10.6. The quantitative estimate of drug-likeness (QED) is 0.671. The van der Waals surface area contributed by atoms with E-state index in [-0.39, 0.29) is 11.6 Å². The first-order valence-electron chi connectivity index (χ1n) is 3.61. The number of aromatic hydroxyl groups is 1. The van der Waals surface area contributed by atoms with Gasteiger partial charge in [0.25, 0.3) is 0 Å². The predicted molar refractivity (Wildman–Crippen MR) is 43.2 cm³/mol. The van der Waals surface area contributed by atoms with E-state index < -0.39 is 0 Å². The molecule has 0 fully saturated rings. The van der Waals surface area contributed by atoms with Crippen molar-refractivity contribution < 1.29 is 9.84 Å². The maximum atomic E-state index is 11.2. The molecular weight excluding hydrogens is 160 g/mol. The monoisotopic (exact) mass is 172 g/mol. The fourth-order valence-electron chi connectivity index (χ4n) is 0.922. The van der Waals surface area contributed by atoms with Gasteiger partial charge >= 0.3 is 5.69 Å². The number of aromatic nitrogens is 2. The normalized spacial score (nSPS) is 10.5. The van der Waals surface area contributed by atoms with Crippen LogP contribution in [0.1, 0.15) is 0 Å².